The van der Waals surface area contributed by atoms with Crippen molar-refractivity contribution < 1.29 is 4.21 Å². The maximum absolute atomic E-state index is 11.2. The van der Waals surface area contributed by atoms with Crippen LogP contribution in [-0.4, -0.2) is 21.7 Å². The minimum atomic E-state index is -2.02. The Morgan fingerprint density at radius 3 is 2.69 bits per heavy atom. The summed E-state index contributed by atoms with van der Waals surface area (Å²) in [7, 11) is -2.02. The van der Waals surface area contributed by atoms with E-state index in [9.17, 15) is 4.21 Å². The lowest BCUT2D eigenvalue weighted by Gasteiger charge is -1.97. The van der Waals surface area contributed by atoms with Gasteiger partial charge >= 0.3 is 0 Å². The molecule has 1 aromatic heterocycles. The van der Waals surface area contributed by atoms with E-state index in [1.165, 1.54) is 0 Å². The smallest absolute Gasteiger partial charge is 0.129 e. The summed E-state index contributed by atoms with van der Waals surface area (Å²) in [6.07, 6.45) is 4.85. The predicted molar refractivity (Wildman–Crippen MR) is 55.4 cm³/mol. The van der Waals surface area contributed by atoms with Gasteiger partial charge < -0.3 is 0 Å². The van der Waals surface area contributed by atoms with Crippen LogP contribution in [0.4, 0.5) is 0 Å². The average molecular weight is 219 g/mol. The maximum atomic E-state index is 11.2. The number of hydrogen-bond donors (Lipinski definition) is 0. The molecule has 5 heteroatoms. The van der Waals surface area contributed by atoms with E-state index in [1.54, 1.807) is 24.8 Å². The summed E-state index contributed by atoms with van der Waals surface area (Å²) in [6, 6.07) is 3.52. The molecule has 0 atom stereocenters. The Balaban J connectivity index is 2.77. The molecule has 0 N–H and O–H groups in total. The molecule has 1 aromatic rings. The number of hydrogen-bond acceptors (Lipinski definition) is 3. The molecule has 1 rings (SSSR count). The zero-order chi connectivity index (χ0) is 9.90. The zero-order valence-electron chi connectivity index (χ0n) is 7.53. The molecule has 13 heavy (non-hydrogen) atoms. The average Bonchev–Trinajstić information content (AvgIpc) is 2.02. The quantitative estimate of drug-likeness (QED) is 0.713. The third-order valence-corrected chi connectivity index (χ3v) is 2.32. The Bertz CT molecular complexity index is 385. The van der Waals surface area contributed by atoms with Crippen LogP contribution in [0.2, 0.25) is 5.15 Å². The molecule has 3 nitrogen and oxygen atoms in total. The van der Waals surface area contributed by atoms with Crippen molar-refractivity contribution in [1.82, 2.24) is 4.98 Å². The van der Waals surface area contributed by atoms with E-state index >= 15 is 0 Å². The lowest BCUT2D eigenvalue weighted by atomic mass is 10.3. The van der Waals surface area contributed by atoms with E-state index in [-0.39, 0.29) is 0 Å². The van der Waals surface area contributed by atoms with E-state index in [2.05, 4.69) is 9.35 Å². The van der Waals surface area contributed by atoms with Crippen LogP contribution in [-0.2, 0) is 16.3 Å². The summed E-state index contributed by atoms with van der Waals surface area (Å²) >= 11 is 5.60. The molecule has 0 saturated heterocycles. The predicted octanol–water partition coefficient (Wildman–Crippen LogP) is 1.96. The van der Waals surface area contributed by atoms with Crippen LogP contribution in [0.3, 0.4) is 0 Å². The van der Waals surface area contributed by atoms with Crippen molar-refractivity contribution in [3.05, 3.63) is 29.0 Å². The Morgan fingerprint density at radius 2 is 2.23 bits per heavy atom. The van der Waals surface area contributed by atoms with Crippen LogP contribution in [0.5, 0.6) is 0 Å². The van der Waals surface area contributed by atoms with Gasteiger partial charge in [-0.05, 0) is 11.6 Å². The molecule has 0 amide bonds. The van der Waals surface area contributed by atoms with Crippen molar-refractivity contribution in [2.24, 2.45) is 4.36 Å². The van der Waals surface area contributed by atoms with Crippen molar-refractivity contribution in [2.45, 2.75) is 6.54 Å². The summed E-state index contributed by atoms with van der Waals surface area (Å²) in [5, 5.41) is 0.456. The van der Waals surface area contributed by atoms with Gasteiger partial charge in [0.15, 0.2) is 0 Å². The number of nitrogens with zero attached hydrogens (tertiary/aromatic N) is 2. The zero-order valence-corrected chi connectivity index (χ0v) is 9.10. The van der Waals surface area contributed by atoms with Gasteiger partial charge in [-0.15, -0.1) is 0 Å². The molecular formula is C8H11ClN2OS. The van der Waals surface area contributed by atoms with E-state index in [0.29, 0.717) is 11.7 Å². The number of rotatable bonds is 2. The second kappa shape index (κ2) is 4.07. The first-order valence-electron chi connectivity index (χ1n) is 3.71. The fraction of sp³-hybridized carbons (Fsp3) is 0.375. The summed E-state index contributed by atoms with van der Waals surface area (Å²) in [5.74, 6) is 0. The van der Waals surface area contributed by atoms with Crippen LogP contribution < -0.4 is 0 Å². The van der Waals surface area contributed by atoms with Crippen molar-refractivity contribution in [3.63, 3.8) is 0 Å². The molecular weight excluding hydrogens is 208 g/mol. The number of aromatic nitrogens is 1. The first-order valence-corrected chi connectivity index (χ1v) is 6.42. The maximum Gasteiger partial charge on any atom is 0.129 e. The highest BCUT2D eigenvalue weighted by atomic mass is 35.5. The molecule has 0 aliphatic rings. The largest absolute Gasteiger partial charge is 0.250 e. The van der Waals surface area contributed by atoms with Gasteiger partial charge in [0.25, 0.3) is 0 Å². The van der Waals surface area contributed by atoms with Gasteiger partial charge in [-0.25, -0.2) is 9.35 Å². The van der Waals surface area contributed by atoms with Gasteiger partial charge in [-0.2, -0.15) is 0 Å². The van der Waals surface area contributed by atoms with Gasteiger partial charge in [0.1, 0.15) is 5.15 Å². The van der Waals surface area contributed by atoms with Crippen LogP contribution in [0.15, 0.2) is 22.7 Å². The molecule has 0 radical (unpaired) electrons. The molecule has 0 aromatic carbocycles. The molecule has 1 heterocycles. The van der Waals surface area contributed by atoms with Gasteiger partial charge in [0.2, 0.25) is 0 Å². The fourth-order valence-corrected chi connectivity index (χ4v) is 1.30. The number of halogens is 1. The third-order valence-electron chi connectivity index (χ3n) is 1.35. The highest BCUT2D eigenvalue weighted by molar-refractivity contribution is 7.92. The summed E-state index contributed by atoms with van der Waals surface area (Å²) in [4.78, 5) is 3.89. The van der Waals surface area contributed by atoms with Crippen LogP contribution in [0.1, 0.15) is 5.56 Å². The van der Waals surface area contributed by atoms with Crippen LogP contribution in [0.25, 0.3) is 0 Å². The lowest BCUT2D eigenvalue weighted by Crippen LogP contribution is -1.93. The molecule has 0 saturated carbocycles. The monoisotopic (exact) mass is 218 g/mol. The van der Waals surface area contributed by atoms with Gasteiger partial charge in [-0.3, -0.25) is 4.21 Å². The van der Waals surface area contributed by atoms with Crippen LogP contribution in [0, 0.1) is 0 Å². The first-order chi connectivity index (χ1) is 5.97. The standard InChI is InChI=1S/C8H11ClN2OS/c1-13(2,12)11-6-7-3-4-8(9)10-5-7/h3-5H,6H2,1-2H3. The summed E-state index contributed by atoms with van der Waals surface area (Å²) < 4.78 is 15.2. The topological polar surface area (TPSA) is 42.3 Å². The van der Waals surface area contributed by atoms with Gasteiger partial charge in [-0.1, -0.05) is 17.7 Å². The lowest BCUT2D eigenvalue weighted by molar-refractivity contribution is 0.682. The Morgan fingerprint density at radius 1 is 1.54 bits per heavy atom. The van der Waals surface area contributed by atoms with E-state index in [0.717, 1.165) is 5.56 Å². The normalized spacial score (nSPS) is 11.3. The van der Waals surface area contributed by atoms with Crippen molar-refractivity contribution in [2.75, 3.05) is 12.5 Å². The highest BCUT2D eigenvalue weighted by Crippen LogP contribution is 2.06. The molecule has 0 unspecified atom stereocenters. The van der Waals surface area contributed by atoms with E-state index in [4.69, 9.17) is 11.6 Å². The van der Waals surface area contributed by atoms with E-state index in [1.807, 2.05) is 6.07 Å². The molecule has 0 aliphatic carbocycles. The SMILES string of the molecule is CS(C)(=O)=NCc1ccc(Cl)nc1. The Kier molecular flexibility index (Phi) is 3.27. The second-order valence-electron chi connectivity index (χ2n) is 2.96. The molecule has 72 valence electrons. The highest BCUT2D eigenvalue weighted by Gasteiger charge is 1.94. The van der Waals surface area contributed by atoms with Crippen LogP contribution >= 0.6 is 11.6 Å². The number of pyridine rings is 1. The fourth-order valence-electron chi connectivity index (χ4n) is 0.730. The minimum Gasteiger partial charge on any atom is -0.250 e. The Labute approximate surface area is 83.3 Å². The third kappa shape index (κ3) is 4.24. The Hall–Kier alpha value is -0.610. The van der Waals surface area contributed by atoms with Crippen molar-refractivity contribution in [1.29, 1.82) is 0 Å². The second-order valence-corrected chi connectivity index (χ2v) is 5.97. The molecule has 0 spiro atoms. The minimum absolute atomic E-state index is 0.427. The summed E-state index contributed by atoms with van der Waals surface area (Å²) in [5.41, 5.74) is 0.917. The first kappa shape index (κ1) is 10.5. The van der Waals surface area contributed by atoms with Crippen molar-refractivity contribution in [3.8, 4) is 0 Å². The molecule has 0 fully saturated rings. The molecule has 0 aliphatic heterocycles. The van der Waals surface area contributed by atoms with Gasteiger partial charge in [0, 0.05) is 28.4 Å². The van der Waals surface area contributed by atoms with Crippen molar-refractivity contribution >= 4 is 21.3 Å². The van der Waals surface area contributed by atoms with E-state index < -0.39 is 9.73 Å². The van der Waals surface area contributed by atoms with Gasteiger partial charge in [0.05, 0.1) is 6.54 Å². The summed E-state index contributed by atoms with van der Waals surface area (Å²) in [6.45, 7) is 0.427. The molecule has 0 bridgehead atoms.